The first kappa shape index (κ1) is 13.8. The Morgan fingerprint density at radius 1 is 1.26 bits per heavy atom. The zero-order valence-electron chi connectivity index (χ0n) is 10.1. The van der Waals surface area contributed by atoms with Gasteiger partial charge in [0.05, 0.1) is 5.69 Å². The van der Waals surface area contributed by atoms with Crippen molar-refractivity contribution in [1.29, 1.82) is 0 Å². The number of hydrogen-bond acceptors (Lipinski definition) is 4. The summed E-state index contributed by atoms with van der Waals surface area (Å²) in [6.45, 7) is 1.78. The number of nitrogens with zero attached hydrogens (tertiary/aromatic N) is 1. The fourth-order valence-corrected chi connectivity index (χ4v) is 3.21. The lowest BCUT2D eigenvalue weighted by molar-refractivity contribution is 0.601. The molecule has 19 heavy (non-hydrogen) atoms. The number of halogens is 1. The summed E-state index contributed by atoms with van der Waals surface area (Å²) in [6, 6.07) is 9.75. The first-order chi connectivity index (χ1) is 8.88. The Kier molecular flexibility index (Phi) is 3.77. The van der Waals surface area contributed by atoms with Gasteiger partial charge in [0.2, 0.25) is 0 Å². The fourth-order valence-electron chi connectivity index (χ4n) is 1.53. The Bertz CT molecular complexity index is 717. The van der Waals surface area contributed by atoms with Crippen molar-refractivity contribution in [3.05, 3.63) is 46.6 Å². The van der Waals surface area contributed by atoms with Gasteiger partial charge in [-0.25, -0.2) is 13.4 Å². The molecule has 0 saturated carbocycles. The second kappa shape index (κ2) is 5.18. The van der Waals surface area contributed by atoms with Crippen molar-refractivity contribution < 1.29 is 8.42 Å². The first-order valence-electron chi connectivity index (χ1n) is 5.40. The summed E-state index contributed by atoms with van der Waals surface area (Å²) in [7, 11) is -3.75. The normalized spacial score (nSPS) is 11.3. The summed E-state index contributed by atoms with van der Waals surface area (Å²) < 4.78 is 27.5. The van der Waals surface area contributed by atoms with Gasteiger partial charge in [0.15, 0.2) is 0 Å². The summed E-state index contributed by atoms with van der Waals surface area (Å²) in [4.78, 5) is 4.11. The van der Waals surface area contributed by atoms with Crippen LogP contribution in [0.4, 0.5) is 11.5 Å². The monoisotopic (exact) mass is 341 g/mol. The van der Waals surface area contributed by atoms with E-state index in [0.29, 0.717) is 4.47 Å². The van der Waals surface area contributed by atoms with Gasteiger partial charge in [0, 0.05) is 10.2 Å². The molecule has 0 aliphatic heterocycles. The van der Waals surface area contributed by atoms with E-state index in [1.165, 1.54) is 12.1 Å². The van der Waals surface area contributed by atoms with Gasteiger partial charge in [0.1, 0.15) is 10.7 Å². The van der Waals surface area contributed by atoms with Crippen LogP contribution in [0.5, 0.6) is 0 Å². The van der Waals surface area contributed by atoms with Gasteiger partial charge in [-0.2, -0.15) is 0 Å². The van der Waals surface area contributed by atoms with Gasteiger partial charge in [-0.05, 0) is 37.3 Å². The molecule has 3 N–H and O–H groups in total. The molecule has 0 aliphatic carbocycles. The highest BCUT2D eigenvalue weighted by molar-refractivity contribution is 9.10. The van der Waals surface area contributed by atoms with Crippen LogP contribution in [0.1, 0.15) is 5.69 Å². The van der Waals surface area contributed by atoms with E-state index in [1.54, 1.807) is 31.2 Å². The molecule has 1 heterocycles. The van der Waals surface area contributed by atoms with Gasteiger partial charge < -0.3 is 5.73 Å². The Hall–Kier alpha value is -1.60. The summed E-state index contributed by atoms with van der Waals surface area (Å²) in [6.07, 6.45) is 0. The molecule has 0 saturated heterocycles. The van der Waals surface area contributed by atoms with Gasteiger partial charge >= 0.3 is 0 Å². The third-order valence-electron chi connectivity index (χ3n) is 2.39. The molecule has 5 nitrogen and oxygen atoms in total. The molecular formula is C12H12BrN3O2S. The Labute approximate surface area is 120 Å². The molecule has 0 aliphatic rings. The number of nitrogen functional groups attached to an aromatic ring is 1. The molecule has 0 radical (unpaired) electrons. The molecule has 0 unspecified atom stereocenters. The van der Waals surface area contributed by atoms with Crippen LogP contribution < -0.4 is 10.5 Å². The maximum atomic E-state index is 12.2. The maximum Gasteiger partial charge on any atom is 0.265 e. The third kappa shape index (κ3) is 3.24. The number of anilines is 2. The van der Waals surface area contributed by atoms with Crippen LogP contribution in [-0.2, 0) is 10.0 Å². The number of pyridine rings is 1. The van der Waals surface area contributed by atoms with E-state index in [9.17, 15) is 8.42 Å². The van der Waals surface area contributed by atoms with E-state index in [2.05, 4.69) is 25.6 Å². The molecule has 0 atom stereocenters. The number of rotatable bonds is 3. The summed E-state index contributed by atoms with van der Waals surface area (Å²) in [5.41, 5.74) is 6.61. The fraction of sp³-hybridized carbons (Fsp3) is 0.0833. The molecule has 0 fully saturated rings. The van der Waals surface area contributed by atoms with Gasteiger partial charge in [-0.15, -0.1) is 0 Å². The number of aryl methyl sites for hydroxylation is 1. The molecular weight excluding hydrogens is 330 g/mol. The number of hydrogen-bond donors (Lipinski definition) is 2. The van der Waals surface area contributed by atoms with Crippen LogP contribution in [0, 0.1) is 6.92 Å². The van der Waals surface area contributed by atoms with Crippen molar-refractivity contribution in [3.63, 3.8) is 0 Å². The van der Waals surface area contributed by atoms with Gasteiger partial charge in [-0.1, -0.05) is 22.0 Å². The number of aromatic nitrogens is 1. The first-order valence-corrected chi connectivity index (χ1v) is 7.67. The molecule has 1 aromatic carbocycles. The molecule has 0 bridgehead atoms. The minimum absolute atomic E-state index is 0.0187. The van der Waals surface area contributed by atoms with E-state index in [4.69, 9.17) is 5.73 Å². The topological polar surface area (TPSA) is 85.1 Å². The predicted molar refractivity (Wildman–Crippen MR) is 78.3 cm³/mol. The SMILES string of the molecule is Cc1cccc(NS(=O)(=O)c2cc(Br)ccc2N)n1. The average Bonchev–Trinajstić information content (AvgIpc) is 2.31. The van der Waals surface area contributed by atoms with E-state index >= 15 is 0 Å². The lowest BCUT2D eigenvalue weighted by atomic mass is 10.3. The number of sulfonamides is 1. The minimum atomic E-state index is -3.75. The largest absolute Gasteiger partial charge is 0.398 e. The van der Waals surface area contributed by atoms with E-state index in [0.717, 1.165) is 5.69 Å². The molecule has 2 aromatic rings. The molecule has 0 amide bonds. The number of nitrogens with one attached hydrogen (secondary N) is 1. The van der Waals surface area contributed by atoms with Crippen molar-refractivity contribution in [2.45, 2.75) is 11.8 Å². The smallest absolute Gasteiger partial charge is 0.265 e. The van der Waals surface area contributed by atoms with Crippen molar-refractivity contribution in [3.8, 4) is 0 Å². The van der Waals surface area contributed by atoms with Crippen LogP contribution in [0.15, 0.2) is 45.8 Å². The highest BCUT2D eigenvalue weighted by Gasteiger charge is 2.18. The summed E-state index contributed by atoms with van der Waals surface area (Å²) >= 11 is 3.22. The Morgan fingerprint density at radius 2 is 2.00 bits per heavy atom. The minimum Gasteiger partial charge on any atom is -0.398 e. The second-order valence-electron chi connectivity index (χ2n) is 3.95. The molecule has 1 aromatic heterocycles. The van der Waals surface area contributed by atoms with Crippen molar-refractivity contribution in [1.82, 2.24) is 4.98 Å². The van der Waals surface area contributed by atoms with Crippen LogP contribution in [0.25, 0.3) is 0 Å². The zero-order chi connectivity index (χ0) is 14.0. The standard InChI is InChI=1S/C12H12BrN3O2S/c1-8-3-2-4-12(15-8)16-19(17,18)11-7-9(13)5-6-10(11)14/h2-7H,14H2,1H3,(H,15,16). The molecule has 100 valence electrons. The van der Waals surface area contributed by atoms with E-state index in [-0.39, 0.29) is 16.4 Å². The molecule has 0 spiro atoms. The lowest BCUT2D eigenvalue weighted by Gasteiger charge is -2.10. The van der Waals surface area contributed by atoms with Crippen LogP contribution in [-0.4, -0.2) is 13.4 Å². The zero-order valence-corrected chi connectivity index (χ0v) is 12.5. The predicted octanol–water partition coefficient (Wildman–Crippen LogP) is 2.54. The lowest BCUT2D eigenvalue weighted by Crippen LogP contribution is -2.15. The maximum absolute atomic E-state index is 12.2. The van der Waals surface area contributed by atoms with Crippen LogP contribution in [0.3, 0.4) is 0 Å². The Balaban J connectivity index is 2.40. The van der Waals surface area contributed by atoms with E-state index < -0.39 is 10.0 Å². The van der Waals surface area contributed by atoms with Crippen LogP contribution in [0.2, 0.25) is 0 Å². The number of nitrogens with two attached hydrogens (primary N) is 1. The second-order valence-corrected chi connectivity index (χ2v) is 6.52. The average molecular weight is 342 g/mol. The Morgan fingerprint density at radius 3 is 2.68 bits per heavy atom. The number of benzene rings is 1. The quantitative estimate of drug-likeness (QED) is 0.840. The van der Waals surface area contributed by atoms with Crippen LogP contribution >= 0.6 is 15.9 Å². The highest BCUT2D eigenvalue weighted by atomic mass is 79.9. The molecule has 7 heteroatoms. The third-order valence-corrected chi connectivity index (χ3v) is 4.30. The van der Waals surface area contributed by atoms with Crippen molar-refractivity contribution in [2.75, 3.05) is 10.5 Å². The van der Waals surface area contributed by atoms with Gasteiger partial charge in [0.25, 0.3) is 10.0 Å². The van der Waals surface area contributed by atoms with Crippen molar-refractivity contribution in [2.24, 2.45) is 0 Å². The van der Waals surface area contributed by atoms with Gasteiger partial charge in [-0.3, -0.25) is 4.72 Å². The van der Waals surface area contributed by atoms with E-state index in [1.807, 2.05) is 0 Å². The van der Waals surface area contributed by atoms with Crippen molar-refractivity contribution >= 4 is 37.5 Å². The molecule has 2 rings (SSSR count). The highest BCUT2D eigenvalue weighted by Crippen LogP contribution is 2.24. The summed E-state index contributed by atoms with van der Waals surface area (Å²) in [5, 5.41) is 0. The summed E-state index contributed by atoms with van der Waals surface area (Å²) in [5.74, 6) is 0.263.